The molecular weight excluding hydrogens is 202 g/mol. The average molecular weight is 223 g/mol. The third-order valence-corrected chi connectivity index (χ3v) is 4.81. The van der Waals surface area contributed by atoms with Gasteiger partial charge in [0.15, 0.2) is 0 Å². The molecule has 0 amide bonds. The van der Waals surface area contributed by atoms with Gasteiger partial charge in [0.2, 0.25) is 0 Å². The summed E-state index contributed by atoms with van der Waals surface area (Å²) in [6.45, 7) is 4.54. The summed E-state index contributed by atoms with van der Waals surface area (Å²) < 4.78 is 0. The van der Waals surface area contributed by atoms with Crippen molar-refractivity contribution in [2.24, 2.45) is 17.6 Å². The van der Waals surface area contributed by atoms with Crippen LogP contribution in [0.2, 0.25) is 0 Å². The third-order valence-electron chi connectivity index (χ3n) is 3.69. The van der Waals surface area contributed by atoms with E-state index in [9.17, 15) is 0 Å². The third kappa shape index (κ3) is 2.43. The van der Waals surface area contributed by atoms with Crippen molar-refractivity contribution in [2.75, 3.05) is 0 Å². The summed E-state index contributed by atoms with van der Waals surface area (Å²) in [6, 6.07) is 2.47. The predicted molar refractivity (Wildman–Crippen MR) is 67.1 cm³/mol. The molecule has 3 unspecified atom stereocenters. The quantitative estimate of drug-likeness (QED) is 0.809. The van der Waals surface area contributed by atoms with Gasteiger partial charge >= 0.3 is 0 Å². The maximum atomic E-state index is 6.39. The molecule has 0 spiro atoms. The zero-order valence-electron chi connectivity index (χ0n) is 9.70. The minimum atomic E-state index is 0.285. The van der Waals surface area contributed by atoms with Crippen LogP contribution in [0.5, 0.6) is 0 Å². The van der Waals surface area contributed by atoms with Gasteiger partial charge in [-0.1, -0.05) is 19.8 Å². The van der Waals surface area contributed by atoms with Gasteiger partial charge in [0, 0.05) is 10.9 Å². The van der Waals surface area contributed by atoms with Crippen LogP contribution in [-0.4, -0.2) is 0 Å². The van der Waals surface area contributed by atoms with E-state index in [2.05, 4.69) is 25.3 Å². The van der Waals surface area contributed by atoms with Crippen molar-refractivity contribution in [1.82, 2.24) is 0 Å². The molecule has 84 valence electrons. The highest BCUT2D eigenvalue weighted by atomic mass is 32.1. The zero-order chi connectivity index (χ0) is 10.8. The average Bonchev–Trinajstić information content (AvgIpc) is 2.63. The molecule has 0 aromatic carbocycles. The largest absolute Gasteiger partial charge is 0.323 e. The van der Waals surface area contributed by atoms with Crippen LogP contribution in [0.3, 0.4) is 0 Å². The number of rotatable bonds is 2. The molecule has 0 bridgehead atoms. The first-order chi connectivity index (χ1) is 7.18. The minimum absolute atomic E-state index is 0.285. The first-order valence-electron chi connectivity index (χ1n) is 5.98. The van der Waals surface area contributed by atoms with Gasteiger partial charge in [0.1, 0.15) is 0 Å². The number of hydrogen-bond acceptors (Lipinski definition) is 2. The fraction of sp³-hybridized carbons (Fsp3) is 0.692. The Labute approximate surface area is 96.7 Å². The van der Waals surface area contributed by atoms with Crippen molar-refractivity contribution in [1.29, 1.82) is 0 Å². The van der Waals surface area contributed by atoms with Crippen LogP contribution in [-0.2, 0) is 0 Å². The summed E-state index contributed by atoms with van der Waals surface area (Å²) >= 11 is 1.83. The molecule has 2 heteroatoms. The maximum Gasteiger partial charge on any atom is 0.0421 e. The molecule has 0 radical (unpaired) electrons. The minimum Gasteiger partial charge on any atom is -0.323 e. The van der Waals surface area contributed by atoms with Gasteiger partial charge in [0.25, 0.3) is 0 Å². The van der Waals surface area contributed by atoms with Crippen molar-refractivity contribution in [3.8, 4) is 0 Å². The van der Waals surface area contributed by atoms with Crippen molar-refractivity contribution in [3.63, 3.8) is 0 Å². The molecule has 1 aromatic heterocycles. The number of aryl methyl sites for hydroxylation is 1. The standard InChI is InChI=1S/C13H21NS/c1-9-4-3-5-11(8-9)12(14)13-10(2)6-7-15-13/h6-7,9,11-12H,3-5,8,14H2,1-2H3. The van der Waals surface area contributed by atoms with E-state index in [1.165, 1.54) is 36.1 Å². The molecule has 1 saturated carbocycles. The van der Waals surface area contributed by atoms with Gasteiger partial charge < -0.3 is 5.73 Å². The van der Waals surface area contributed by atoms with E-state index in [1.54, 1.807) is 0 Å². The van der Waals surface area contributed by atoms with E-state index >= 15 is 0 Å². The molecule has 1 aromatic rings. The molecule has 0 saturated heterocycles. The molecule has 0 aliphatic heterocycles. The highest BCUT2D eigenvalue weighted by Crippen LogP contribution is 2.38. The number of thiophene rings is 1. The van der Waals surface area contributed by atoms with Crippen LogP contribution in [0.4, 0.5) is 0 Å². The molecule has 1 aliphatic rings. The van der Waals surface area contributed by atoms with Gasteiger partial charge in [-0.05, 0) is 48.6 Å². The van der Waals surface area contributed by atoms with E-state index < -0.39 is 0 Å². The number of hydrogen-bond donors (Lipinski definition) is 1. The molecule has 2 N–H and O–H groups in total. The van der Waals surface area contributed by atoms with Gasteiger partial charge in [-0.25, -0.2) is 0 Å². The van der Waals surface area contributed by atoms with Crippen molar-refractivity contribution < 1.29 is 0 Å². The van der Waals surface area contributed by atoms with Gasteiger partial charge in [-0.2, -0.15) is 0 Å². The van der Waals surface area contributed by atoms with Crippen molar-refractivity contribution >= 4 is 11.3 Å². The van der Waals surface area contributed by atoms with Crippen molar-refractivity contribution in [3.05, 3.63) is 21.9 Å². The number of nitrogens with two attached hydrogens (primary N) is 1. The lowest BCUT2D eigenvalue weighted by atomic mass is 9.78. The second-order valence-electron chi connectivity index (χ2n) is 5.03. The lowest BCUT2D eigenvalue weighted by Crippen LogP contribution is -2.25. The zero-order valence-corrected chi connectivity index (χ0v) is 10.5. The first kappa shape index (κ1) is 11.2. The summed E-state index contributed by atoms with van der Waals surface area (Å²) in [6.07, 6.45) is 5.40. The SMILES string of the molecule is Cc1ccsc1C(N)C1CCCC(C)C1. The molecule has 3 atom stereocenters. The van der Waals surface area contributed by atoms with Crippen LogP contribution in [0.1, 0.15) is 49.1 Å². The monoisotopic (exact) mass is 223 g/mol. The van der Waals surface area contributed by atoms with Crippen LogP contribution in [0.25, 0.3) is 0 Å². The van der Waals surface area contributed by atoms with E-state index in [0.29, 0.717) is 5.92 Å². The van der Waals surface area contributed by atoms with Gasteiger partial charge in [-0.3, -0.25) is 0 Å². The van der Waals surface area contributed by atoms with Crippen LogP contribution in [0, 0.1) is 18.8 Å². The second-order valence-corrected chi connectivity index (χ2v) is 5.97. The van der Waals surface area contributed by atoms with Crippen LogP contribution in [0.15, 0.2) is 11.4 Å². The molecule has 1 aliphatic carbocycles. The molecule has 1 heterocycles. The fourth-order valence-corrected chi connectivity index (χ4v) is 3.77. The Morgan fingerprint density at radius 1 is 1.47 bits per heavy atom. The molecule has 1 fully saturated rings. The summed E-state index contributed by atoms with van der Waals surface area (Å²) in [4.78, 5) is 1.41. The second kappa shape index (κ2) is 4.67. The maximum absolute atomic E-state index is 6.39. The van der Waals surface area contributed by atoms with Crippen LogP contribution < -0.4 is 5.73 Å². The lowest BCUT2D eigenvalue weighted by Gasteiger charge is -2.31. The molecular formula is C13H21NS. The Bertz CT molecular complexity index is 318. The Kier molecular flexibility index (Phi) is 3.47. The van der Waals surface area contributed by atoms with Gasteiger partial charge in [0.05, 0.1) is 0 Å². The van der Waals surface area contributed by atoms with E-state index in [4.69, 9.17) is 5.73 Å². The summed E-state index contributed by atoms with van der Waals surface area (Å²) in [5.74, 6) is 1.58. The van der Waals surface area contributed by atoms with E-state index in [-0.39, 0.29) is 6.04 Å². The topological polar surface area (TPSA) is 26.0 Å². The summed E-state index contributed by atoms with van der Waals surface area (Å²) in [5, 5.41) is 2.16. The highest BCUT2D eigenvalue weighted by molar-refractivity contribution is 7.10. The molecule has 1 nitrogen and oxygen atoms in total. The Balaban J connectivity index is 2.07. The molecule has 2 rings (SSSR count). The highest BCUT2D eigenvalue weighted by Gasteiger charge is 2.26. The Morgan fingerprint density at radius 3 is 2.87 bits per heavy atom. The molecule has 15 heavy (non-hydrogen) atoms. The van der Waals surface area contributed by atoms with E-state index in [0.717, 1.165) is 5.92 Å². The summed E-state index contributed by atoms with van der Waals surface area (Å²) in [5.41, 5.74) is 7.77. The predicted octanol–water partition coefficient (Wildman–Crippen LogP) is 3.88. The Morgan fingerprint density at radius 2 is 2.27 bits per heavy atom. The van der Waals surface area contributed by atoms with E-state index in [1.807, 2.05) is 11.3 Å². The normalized spacial score (nSPS) is 29.0. The summed E-state index contributed by atoms with van der Waals surface area (Å²) in [7, 11) is 0. The smallest absolute Gasteiger partial charge is 0.0421 e. The Hall–Kier alpha value is -0.340. The van der Waals surface area contributed by atoms with Gasteiger partial charge in [-0.15, -0.1) is 11.3 Å². The first-order valence-corrected chi connectivity index (χ1v) is 6.86. The lowest BCUT2D eigenvalue weighted by molar-refractivity contribution is 0.249. The van der Waals surface area contributed by atoms with Crippen LogP contribution >= 0.6 is 11.3 Å². The van der Waals surface area contributed by atoms with Crippen molar-refractivity contribution in [2.45, 2.75) is 45.6 Å². The fourth-order valence-electron chi connectivity index (χ4n) is 2.75.